The van der Waals surface area contributed by atoms with Crippen LogP contribution in [0.3, 0.4) is 0 Å². The fourth-order valence-corrected chi connectivity index (χ4v) is 4.12. The van der Waals surface area contributed by atoms with Crippen LogP contribution in [-0.2, 0) is 0 Å². The van der Waals surface area contributed by atoms with Gasteiger partial charge < -0.3 is 14.7 Å². The van der Waals surface area contributed by atoms with E-state index in [0.717, 1.165) is 38.2 Å². The summed E-state index contributed by atoms with van der Waals surface area (Å²) in [6.45, 7) is 12.4. The number of hydrogen-bond donors (Lipinski definition) is 1. The van der Waals surface area contributed by atoms with Crippen molar-refractivity contribution in [2.24, 2.45) is 0 Å². The fraction of sp³-hybridized carbons (Fsp3) is 0.500. The summed E-state index contributed by atoms with van der Waals surface area (Å²) in [5.41, 5.74) is 6.54. The van der Waals surface area contributed by atoms with Crippen LogP contribution in [0.15, 0.2) is 36.4 Å². The van der Waals surface area contributed by atoms with E-state index in [1.807, 2.05) is 0 Å². The topological polar surface area (TPSA) is 32.7 Å². The van der Waals surface area contributed by atoms with Gasteiger partial charge in [0.15, 0.2) is 0 Å². The molecular formula is C24H33NO2. The molecule has 1 aliphatic rings. The molecule has 0 amide bonds. The molecule has 0 spiro atoms. The molecule has 1 heterocycles. The summed E-state index contributed by atoms with van der Waals surface area (Å²) >= 11 is 0. The number of rotatable bonds is 7. The molecule has 3 nitrogen and oxygen atoms in total. The number of aliphatic hydroxyl groups is 1. The standard InChI is InChI=1S/C24H33NO2/c1-17(2)21-8-5-9-22(18(21)3)23-10-6-11-24(19(23)4)27-15-7-13-25-14-12-20(26)16-25/h5-6,8-11,17,20,26H,7,12-16H2,1-4H3/t20-/m1/s1. The highest BCUT2D eigenvalue weighted by molar-refractivity contribution is 5.73. The number of nitrogens with zero attached hydrogens (tertiary/aromatic N) is 1. The number of aliphatic hydroxyl groups excluding tert-OH is 1. The average Bonchev–Trinajstić information content (AvgIpc) is 3.05. The third-order valence-corrected chi connectivity index (χ3v) is 5.70. The molecule has 146 valence electrons. The summed E-state index contributed by atoms with van der Waals surface area (Å²) in [6.07, 6.45) is 1.74. The van der Waals surface area contributed by atoms with E-state index in [1.165, 1.54) is 27.8 Å². The van der Waals surface area contributed by atoms with Crippen molar-refractivity contribution in [1.29, 1.82) is 0 Å². The zero-order chi connectivity index (χ0) is 19.4. The molecule has 0 saturated carbocycles. The molecule has 27 heavy (non-hydrogen) atoms. The monoisotopic (exact) mass is 367 g/mol. The molecule has 1 saturated heterocycles. The summed E-state index contributed by atoms with van der Waals surface area (Å²) in [7, 11) is 0. The van der Waals surface area contributed by atoms with E-state index in [0.29, 0.717) is 12.5 Å². The highest BCUT2D eigenvalue weighted by atomic mass is 16.5. The van der Waals surface area contributed by atoms with Gasteiger partial charge in [-0.3, -0.25) is 0 Å². The third-order valence-electron chi connectivity index (χ3n) is 5.70. The van der Waals surface area contributed by atoms with E-state index in [1.54, 1.807) is 0 Å². The second-order valence-corrected chi connectivity index (χ2v) is 8.05. The van der Waals surface area contributed by atoms with Crippen LogP contribution in [0, 0.1) is 13.8 Å². The Balaban J connectivity index is 1.68. The summed E-state index contributed by atoms with van der Waals surface area (Å²) in [5.74, 6) is 1.50. The molecule has 2 aromatic rings. The smallest absolute Gasteiger partial charge is 0.122 e. The number of benzene rings is 2. The average molecular weight is 368 g/mol. The van der Waals surface area contributed by atoms with Gasteiger partial charge in [0, 0.05) is 19.6 Å². The zero-order valence-electron chi connectivity index (χ0n) is 17.2. The SMILES string of the molecule is Cc1c(OCCCN2CC[C@@H](O)C2)cccc1-c1cccc(C(C)C)c1C. The number of likely N-dealkylation sites (tertiary alicyclic amines) is 1. The van der Waals surface area contributed by atoms with Crippen LogP contribution in [0.25, 0.3) is 11.1 Å². The molecule has 0 aromatic heterocycles. The van der Waals surface area contributed by atoms with Gasteiger partial charge in [-0.25, -0.2) is 0 Å². The van der Waals surface area contributed by atoms with Crippen molar-refractivity contribution in [3.8, 4) is 16.9 Å². The second-order valence-electron chi connectivity index (χ2n) is 8.05. The quantitative estimate of drug-likeness (QED) is 0.704. The van der Waals surface area contributed by atoms with Crippen molar-refractivity contribution >= 4 is 0 Å². The largest absolute Gasteiger partial charge is 0.493 e. The van der Waals surface area contributed by atoms with Gasteiger partial charge in [0.1, 0.15) is 5.75 Å². The molecule has 1 atom stereocenters. The van der Waals surface area contributed by atoms with E-state index in [2.05, 4.69) is 69.0 Å². The van der Waals surface area contributed by atoms with Crippen LogP contribution in [-0.4, -0.2) is 42.4 Å². The van der Waals surface area contributed by atoms with Gasteiger partial charge in [-0.15, -0.1) is 0 Å². The Kier molecular flexibility index (Phi) is 6.56. The van der Waals surface area contributed by atoms with Crippen LogP contribution >= 0.6 is 0 Å². The van der Waals surface area contributed by atoms with E-state index in [-0.39, 0.29) is 6.10 Å². The lowest BCUT2D eigenvalue weighted by molar-refractivity contribution is 0.173. The van der Waals surface area contributed by atoms with Crippen LogP contribution < -0.4 is 4.74 Å². The molecule has 0 unspecified atom stereocenters. The second kappa shape index (κ2) is 8.90. The third kappa shape index (κ3) is 4.72. The first kappa shape index (κ1) is 19.9. The molecule has 0 radical (unpaired) electrons. The lowest BCUT2D eigenvalue weighted by atomic mass is 9.89. The maximum Gasteiger partial charge on any atom is 0.122 e. The Labute approximate surface area is 164 Å². The van der Waals surface area contributed by atoms with Crippen molar-refractivity contribution in [3.05, 3.63) is 53.1 Å². The van der Waals surface area contributed by atoms with Gasteiger partial charge >= 0.3 is 0 Å². The van der Waals surface area contributed by atoms with E-state index in [4.69, 9.17) is 4.74 Å². The molecular weight excluding hydrogens is 334 g/mol. The highest BCUT2D eigenvalue weighted by Crippen LogP contribution is 2.34. The number of hydrogen-bond acceptors (Lipinski definition) is 3. The van der Waals surface area contributed by atoms with Crippen molar-refractivity contribution in [2.75, 3.05) is 26.2 Å². The molecule has 1 aliphatic heterocycles. The first-order valence-corrected chi connectivity index (χ1v) is 10.2. The van der Waals surface area contributed by atoms with Crippen LogP contribution in [0.2, 0.25) is 0 Å². The van der Waals surface area contributed by atoms with Crippen LogP contribution in [0.4, 0.5) is 0 Å². The first-order valence-electron chi connectivity index (χ1n) is 10.2. The predicted octanol–water partition coefficient (Wildman–Crippen LogP) is 4.93. The lowest BCUT2D eigenvalue weighted by Gasteiger charge is -2.18. The predicted molar refractivity (Wildman–Crippen MR) is 113 cm³/mol. The van der Waals surface area contributed by atoms with Gasteiger partial charge in [-0.05, 0) is 66.5 Å². The Hall–Kier alpha value is -1.84. The normalized spacial score (nSPS) is 17.6. The van der Waals surface area contributed by atoms with Crippen molar-refractivity contribution < 1.29 is 9.84 Å². The highest BCUT2D eigenvalue weighted by Gasteiger charge is 2.19. The van der Waals surface area contributed by atoms with Crippen molar-refractivity contribution in [1.82, 2.24) is 4.90 Å². The zero-order valence-corrected chi connectivity index (χ0v) is 17.2. The minimum absolute atomic E-state index is 0.144. The Morgan fingerprint density at radius 3 is 2.44 bits per heavy atom. The Morgan fingerprint density at radius 2 is 1.78 bits per heavy atom. The molecule has 3 rings (SSSR count). The Morgan fingerprint density at radius 1 is 1.07 bits per heavy atom. The van der Waals surface area contributed by atoms with Crippen LogP contribution in [0.1, 0.15) is 49.3 Å². The summed E-state index contributed by atoms with van der Waals surface area (Å²) < 4.78 is 6.11. The molecule has 0 bridgehead atoms. The summed E-state index contributed by atoms with van der Waals surface area (Å²) in [4.78, 5) is 2.32. The summed E-state index contributed by atoms with van der Waals surface area (Å²) in [6, 6.07) is 13.0. The lowest BCUT2D eigenvalue weighted by Crippen LogP contribution is -2.24. The van der Waals surface area contributed by atoms with E-state index >= 15 is 0 Å². The van der Waals surface area contributed by atoms with Crippen LogP contribution in [0.5, 0.6) is 5.75 Å². The van der Waals surface area contributed by atoms with Crippen molar-refractivity contribution in [3.63, 3.8) is 0 Å². The maximum absolute atomic E-state index is 9.61. The number of β-amino-alcohol motifs (C(OH)–C–C–N with tert-alkyl or cyclic N) is 1. The van der Waals surface area contributed by atoms with E-state index in [9.17, 15) is 5.11 Å². The van der Waals surface area contributed by atoms with E-state index < -0.39 is 0 Å². The first-order chi connectivity index (χ1) is 13.0. The van der Waals surface area contributed by atoms with Gasteiger partial charge in [0.25, 0.3) is 0 Å². The molecule has 1 fully saturated rings. The molecule has 3 heteroatoms. The minimum atomic E-state index is -0.144. The van der Waals surface area contributed by atoms with Gasteiger partial charge in [-0.1, -0.05) is 44.2 Å². The Bertz CT molecular complexity index is 769. The summed E-state index contributed by atoms with van der Waals surface area (Å²) in [5, 5.41) is 9.61. The molecule has 2 aromatic carbocycles. The van der Waals surface area contributed by atoms with Gasteiger partial charge in [-0.2, -0.15) is 0 Å². The minimum Gasteiger partial charge on any atom is -0.493 e. The number of ether oxygens (including phenoxy) is 1. The fourth-order valence-electron chi connectivity index (χ4n) is 4.12. The molecule has 1 N–H and O–H groups in total. The van der Waals surface area contributed by atoms with Gasteiger partial charge in [0.05, 0.1) is 12.7 Å². The molecule has 0 aliphatic carbocycles. The maximum atomic E-state index is 9.61. The van der Waals surface area contributed by atoms with Crippen molar-refractivity contribution in [2.45, 2.75) is 52.6 Å². The van der Waals surface area contributed by atoms with Gasteiger partial charge in [0.2, 0.25) is 0 Å².